The number of carbonyl (C=O) groups is 3. The molecule has 0 heterocycles. The Balaban J connectivity index is 1.40. The van der Waals surface area contributed by atoms with Crippen LogP contribution < -0.4 is 16.0 Å². The number of hydrogen-bond acceptors (Lipinski definition) is 4. The number of rotatable bonds is 9. The molecule has 4 aromatic rings. The molecule has 0 bridgehead atoms. The van der Waals surface area contributed by atoms with E-state index >= 15 is 0 Å². The molecule has 4 aromatic carbocycles. The van der Waals surface area contributed by atoms with E-state index in [9.17, 15) is 14.4 Å². The van der Waals surface area contributed by atoms with Gasteiger partial charge in [0.2, 0.25) is 5.91 Å². The van der Waals surface area contributed by atoms with Crippen molar-refractivity contribution in [3.05, 3.63) is 129 Å². The van der Waals surface area contributed by atoms with E-state index in [0.717, 1.165) is 16.0 Å². The normalized spacial score (nSPS) is 11.0. The van der Waals surface area contributed by atoms with Crippen molar-refractivity contribution in [3.63, 3.8) is 0 Å². The summed E-state index contributed by atoms with van der Waals surface area (Å²) in [6.45, 7) is 1.97. The lowest BCUT2D eigenvalue weighted by Crippen LogP contribution is -2.30. The van der Waals surface area contributed by atoms with Crippen molar-refractivity contribution in [3.8, 4) is 0 Å². The largest absolute Gasteiger partial charge is 0.324 e. The molecule has 0 atom stereocenters. The lowest BCUT2D eigenvalue weighted by atomic mass is 10.1. The molecule has 9 heteroatoms. The first-order valence-corrected chi connectivity index (χ1v) is 13.9. The van der Waals surface area contributed by atoms with Crippen LogP contribution in [-0.4, -0.2) is 23.5 Å². The molecule has 4 rings (SSSR count). The minimum atomic E-state index is -0.468. The van der Waals surface area contributed by atoms with E-state index in [4.69, 9.17) is 23.2 Å². The highest BCUT2D eigenvalue weighted by Crippen LogP contribution is 2.26. The van der Waals surface area contributed by atoms with Gasteiger partial charge in [-0.05, 0) is 73.2 Å². The fraction of sp³-hybridized carbons (Fsp3) is 0.0645. The number of benzene rings is 4. The zero-order valence-electron chi connectivity index (χ0n) is 21.4. The molecule has 0 fully saturated rings. The Bertz CT molecular complexity index is 1540. The van der Waals surface area contributed by atoms with E-state index in [0.29, 0.717) is 27.0 Å². The molecule has 0 radical (unpaired) electrons. The minimum absolute atomic E-state index is 0.105. The van der Waals surface area contributed by atoms with E-state index in [1.54, 1.807) is 72.8 Å². The van der Waals surface area contributed by atoms with Crippen LogP contribution in [0.5, 0.6) is 0 Å². The summed E-state index contributed by atoms with van der Waals surface area (Å²) in [4.78, 5) is 39.2. The number of halogens is 2. The number of carbonyl (C=O) groups excluding carboxylic acids is 3. The van der Waals surface area contributed by atoms with Crippen LogP contribution in [0.25, 0.3) is 6.08 Å². The maximum atomic E-state index is 13.2. The Kier molecular flexibility index (Phi) is 10.0. The quantitative estimate of drug-likeness (QED) is 0.140. The Morgan fingerprint density at radius 2 is 1.52 bits per heavy atom. The molecule has 0 saturated heterocycles. The van der Waals surface area contributed by atoms with Crippen molar-refractivity contribution in [2.45, 2.75) is 11.8 Å². The van der Waals surface area contributed by atoms with Gasteiger partial charge in [0.05, 0.1) is 16.5 Å². The summed E-state index contributed by atoms with van der Waals surface area (Å²) in [6.07, 6.45) is 1.63. The first-order chi connectivity index (χ1) is 19.3. The molecule has 3 N–H and O–H groups in total. The lowest BCUT2D eigenvalue weighted by molar-refractivity contribution is -0.114. The van der Waals surface area contributed by atoms with Gasteiger partial charge in [-0.15, -0.1) is 11.8 Å². The predicted molar refractivity (Wildman–Crippen MR) is 164 cm³/mol. The first kappa shape index (κ1) is 29.0. The van der Waals surface area contributed by atoms with E-state index in [1.165, 1.54) is 11.8 Å². The maximum Gasteiger partial charge on any atom is 0.272 e. The van der Waals surface area contributed by atoms with Crippen molar-refractivity contribution in [1.82, 2.24) is 5.32 Å². The van der Waals surface area contributed by atoms with Gasteiger partial charge < -0.3 is 16.0 Å². The van der Waals surface area contributed by atoms with Gasteiger partial charge in [0.15, 0.2) is 0 Å². The standard InChI is InChI=1S/C31H25Cl2N3O3S/c1-20-7-9-21(10-8-20)17-28(36-30(38)22-5-3-2-4-6-22)31(39)34-24-12-14-25(15-13-24)40-19-29(37)35-27-16-11-23(32)18-26(27)33/h2-18H,19H2,1H3,(H,34,39)(H,35,37)(H,36,38)/b28-17-. The average Bonchev–Trinajstić information content (AvgIpc) is 2.95. The number of aryl methyl sites for hydroxylation is 1. The van der Waals surface area contributed by atoms with Crippen molar-refractivity contribution in [2.75, 3.05) is 16.4 Å². The van der Waals surface area contributed by atoms with E-state index in [1.807, 2.05) is 37.3 Å². The maximum absolute atomic E-state index is 13.2. The minimum Gasteiger partial charge on any atom is -0.324 e. The van der Waals surface area contributed by atoms with Crippen molar-refractivity contribution >= 4 is 70.1 Å². The molecule has 40 heavy (non-hydrogen) atoms. The van der Waals surface area contributed by atoms with Crippen molar-refractivity contribution < 1.29 is 14.4 Å². The second kappa shape index (κ2) is 13.8. The molecule has 0 unspecified atom stereocenters. The zero-order valence-corrected chi connectivity index (χ0v) is 23.7. The van der Waals surface area contributed by atoms with Crippen LogP contribution in [0.2, 0.25) is 10.0 Å². The summed E-state index contributed by atoms with van der Waals surface area (Å²) in [6, 6.07) is 28.2. The smallest absolute Gasteiger partial charge is 0.272 e. The van der Waals surface area contributed by atoms with E-state index < -0.39 is 5.91 Å². The first-order valence-electron chi connectivity index (χ1n) is 12.2. The molecule has 202 valence electrons. The monoisotopic (exact) mass is 589 g/mol. The van der Waals surface area contributed by atoms with Gasteiger partial charge in [0, 0.05) is 21.2 Å². The molecule has 0 aromatic heterocycles. The highest BCUT2D eigenvalue weighted by atomic mass is 35.5. The fourth-order valence-electron chi connectivity index (χ4n) is 3.53. The molecule has 0 aliphatic heterocycles. The third-order valence-corrected chi connectivity index (χ3v) is 7.16. The molecule has 0 aliphatic carbocycles. The molecule has 6 nitrogen and oxygen atoms in total. The van der Waals surface area contributed by atoms with Crippen LogP contribution >= 0.6 is 35.0 Å². The highest BCUT2D eigenvalue weighted by Gasteiger charge is 2.15. The summed E-state index contributed by atoms with van der Waals surface area (Å²) in [7, 11) is 0. The second-order valence-electron chi connectivity index (χ2n) is 8.73. The van der Waals surface area contributed by atoms with Gasteiger partial charge in [0.1, 0.15) is 5.70 Å². The Morgan fingerprint density at radius 3 is 2.20 bits per heavy atom. The van der Waals surface area contributed by atoms with Gasteiger partial charge >= 0.3 is 0 Å². The zero-order chi connectivity index (χ0) is 28.5. The Hall–Kier alpha value is -4.04. The van der Waals surface area contributed by atoms with Gasteiger partial charge in [-0.2, -0.15) is 0 Å². The van der Waals surface area contributed by atoms with Crippen LogP contribution in [0.15, 0.2) is 108 Å². The Labute approximate surface area is 246 Å². The number of nitrogens with one attached hydrogen (secondary N) is 3. The van der Waals surface area contributed by atoms with Crippen LogP contribution in [0.4, 0.5) is 11.4 Å². The number of amides is 3. The summed E-state index contributed by atoms with van der Waals surface area (Å²) >= 11 is 13.3. The number of thioether (sulfide) groups is 1. The fourth-order valence-corrected chi connectivity index (χ4v) is 4.68. The third kappa shape index (κ3) is 8.48. The summed E-state index contributed by atoms with van der Waals surface area (Å²) in [5.41, 5.74) is 3.43. The van der Waals surface area contributed by atoms with Gasteiger partial charge in [-0.1, -0.05) is 71.2 Å². The second-order valence-corrected chi connectivity index (χ2v) is 10.6. The Morgan fingerprint density at radius 1 is 0.825 bits per heavy atom. The predicted octanol–water partition coefficient (Wildman–Crippen LogP) is 7.44. The van der Waals surface area contributed by atoms with Crippen LogP contribution in [0.3, 0.4) is 0 Å². The SMILES string of the molecule is Cc1ccc(/C=C(\NC(=O)c2ccccc2)C(=O)Nc2ccc(SCC(=O)Nc3ccc(Cl)cc3Cl)cc2)cc1. The summed E-state index contributed by atoms with van der Waals surface area (Å²) < 4.78 is 0. The highest BCUT2D eigenvalue weighted by molar-refractivity contribution is 8.00. The molecule has 0 aliphatic rings. The van der Waals surface area contributed by atoms with Crippen LogP contribution in [-0.2, 0) is 9.59 Å². The average molecular weight is 591 g/mol. The third-order valence-electron chi connectivity index (χ3n) is 5.60. The molecule has 0 spiro atoms. The van der Waals surface area contributed by atoms with Crippen LogP contribution in [0, 0.1) is 6.92 Å². The van der Waals surface area contributed by atoms with Crippen molar-refractivity contribution in [1.29, 1.82) is 0 Å². The van der Waals surface area contributed by atoms with Gasteiger partial charge in [-0.3, -0.25) is 14.4 Å². The summed E-state index contributed by atoms with van der Waals surface area (Å²) in [5, 5.41) is 9.17. The lowest BCUT2D eigenvalue weighted by Gasteiger charge is -2.12. The number of hydrogen-bond donors (Lipinski definition) is 3. The van der Waals surface area contributed by atoms with E-state index in [-0.39, 0.29) is 23.3 Å². The molecule has 3 amide bonds. The van der Waals surface area contributed by atoms with E-state index in [2.05, 4.69) is 16.0 Å². The van der Waals surface area contributed by atoms with Crippen molar-refractivity contribution in [2.24, 2.45) is 0 Å². The van der Waals surface area contributed by atoms with Gasteiger partial charge in [0.25, 0.3) is 11.8 Å². The summed E-state index contributed by atoms with van der Waals surface area (Å²) in [5.74, 6) is -0.908. The van der Waals surface area contributed by atoms with Crippen LogP contribution in [0.1, 0.15) is 21.5 Å². The molecule has 0 saturated carbocycles. The molecular formula is C31H25Cl2N3O3S. The molecular weight excluding hydrogens is 565 g/mol. The number of anilines is 2. The van der Waals surface area contributed by atoms with Gasteiger partial charge in [-0.25, -0.2) is 0 Å². The topological polar surface area (TPSA) is 87.3 Å².